The Balaban J connectivity index is 1.71. The van der Waals surface area contributed by atoms with Gasteiger partial charge in [-0.25, -0.2) is 4.98 Å². The molecule has 1 atom stereocenters. The average molecular weight is 294 g/mol. The molecule has 20 heavy (non-hydrogen) atoms. The van der Waals surface area contributed by atoms with E-state index in [0.717, 1.165) is 19.1 Å². The normalized spacial score (nSPS) is 24.2. The van der Waals surface area contributed by atoms with Crippen molar-refractivity contribution in [2.24, 2.45) is 0 Å². The van der Waals surface area contributed by atoms with Crippen LogP contribution >= 0.6 is 11.3 Å². The van der Waals surface area contributed by atoms with Gasteiger partial charge in [0.25, 0.3) is 0 Å². The number of nitrogens with zero attached hydrogens (tertiary/aromatic N) is 3. The van der Waals surface area contributed by atoms with Crippen molar-refractivity contribution in [2.45, 2.75) is 44.2 Å². The van der Waals surface area contributed by atoms with E-state index in [1.165, 1.54) is 47.8 Å². The highest BCUT2D eigenvalue weighted by atomic mass is 32.1. The van der Waals surface area contributed by atoms with Crippen LogP contribution in [0.25, 0.3) is 0 Å². The van der Waals surface area contributed by atoms with Gasteiger partial charge in [-0.3, -0.25) is 0 Å². The van der Waals surface area contributed by atoms with E-state index in [2.05, 4.69) is 36.3 Å². The van der Waals surface area contributed by atoms with E-state index in [-0.39, 0.29) is 0 Å². The lowest BCUT2D eigenvalue weighted by atomic mass is 9.98. The maximum Gasteiger partial charge on any atom is 0.185 e. The Morgan fingerprint density at radius 1 is 1.25 bits per heavy atom. The maximum atomic E-state index is 4.96. The largest absolute Gasteiger partial charge is 0.348 e. The number of aromatic nitrogens is 1. The quantitative estimate of drug-likeness (QED) is 0.927. The molecule has 5 heteroatoms. The van der Waals surface area contributed by atoms with Gasteiger partial charge >= 0.3 is 0 Å². The molecule has 4 nitrogen and oxygen atoms in total. The van der Waals surface area contributed by atoms with Crippen LogP contribution < -0.4 is 10.2 Å². The second-order valence-corrected chi connectivity index (χ2v) is 7.28. The number of hydrogen-bond donors (Lipinski definition) is 1. The van der Waals surface area contributed by atoms with Crippen LogP contribution in [0.3, 0.4) is 0 Å². The molecule has 1 aromatic heterocycles. The average Bonchev–Trinajstić information content (AvgIpc) is 2.91. The summed E-state index contributed by atoms with van der Waals surface area (Å²) in [7, 11) is 6.45. The van der Waals surface area contributed by atoms with E-state index >= 15 is 0 Å². The molecule has 0 saturated carbocycles. The lowest BCUT2D eigenvalue weighted by Crippen LogP contribution is -2.42. The third kappa shape index (κ3) is 2.71. The van der Waals surface area contributed by atoms with Crippen molar-refractivity contribution in [1.29, 1.82) is 0 Å². The standard InChI is InChI=1S/C15H26N4S/c1-16-12-5-4-6-13-14(12)17-15(20-13)19-9-7-11(8-10-19)18(2)3/h11-12,16H,4-10H2,1-3H3. The van der Waals surface area contributed by atoms with Crippen LogP contribution in [-0.2, 0) is 6.42 Å². The number of hydrogen-bond acceptors (Lipinski definition) is 5. The number of anilines is 1. The van der Waals surface area contributed by atoms with Crippen LogP contribution in [0.2, 0.25) is 0 Å². The van der Waals surface area contributed by atoms with Crippen LogP contribution in [0.5, 0.6) is 0 Å². The Labute approximate surface area is 126 Å². The van der Waals surface area contributed by atoms with Crippen LogP contribution in [0.15, 0.2) is 0 Å². The Morgan fingerprint density at radius 3 is 2.65 bits per heavy atom. The van der Waals surface area contributed by atoms with Crippen molar-refractivity contribution >= 4 is 16.5 Å². The molecule has 0 amide bonds. The first-order chi connectivity index (χ1) is 9.69. The van der Waals surface area contributed by atoms with E-state index in [1.807, 2.05) is 11.3 Å². The van der Waals surface area contributed by atoms with Gasteiger partial charge in [0.1, 0.15) is 0 Å². The third-order valence-electron chi connectivity index (χ3n) is 4.76. The predicted molar refractivity (Wildman–Crippen MR) is 85.8 cm³/mol. The molecule has 1 aliphatic carbocycles. The Kier molecular flexibility index (Phi) is 4.29. The SMILES string of the molecule is CNC1CCCc2sc(N3CCC(N(C)C)CC3)nc21. The second-order valence-electron chi connectivity index (χ2n) is 6.22. The molecule has 0 bridgehead atoms. The molecule has 0 aromatic carbocycles. The fourth-order valence-corrected chi connectivity index (χ4v) is 4.61. The number of fused-ring (bicyclic) bond motifs is 1. The summed E-state index contributed by atoms with van der Waals surface area (Å²) >= 11 is 1.93. The molecule has 1 unspecified atom stereocenters. The van der Waals surface area contributed by atoms with Gasteiger partial charge in [-0.2, -0.15) is 0 Å². The summed E-state index contributed by atoms with van der Waals surface area (Å²) in [5, 5.41) is 4.68. The van der Waals surface area contributed by atoms with Crippen molar-refractivity contribution in [2.75, 3.05) is 39.1 Å². The number of aryl methyl sites for hydroxylation is 1. The van der Waals surface area contributed by atoms with Crippen LogP contribution in [0.4, 0.5) is 5.13 Å². The topological polar surface area (TPSA) is 31.4 Å². The maximum absolute atomic E-state index is 4.96. The van der Waals surface area contributed by atoms with Gasteiger partial charge in [-0.15, -0.1) is 11.3 Å². The minimum absolute atomic E-state index is 0.475. The molecule has 0 spiro atoms. The predicted octanol–water partition coefficient (Wildman–Crippen LogP) is 2.27. The van der Waals surface area contributed by atoms with Crippen molar-refractivity contribution in [3.05, 3.63) is 10.6 Å². The van der Waals surface area contributed by atoms with Crippen LogP contribution in [-0.4, -0.2) is 50.2 Å². The zero-order valence-corrected chi connectivity index (χ0v) is 13.7. The summed E-state index contributed by atoms with van der Waals surface area (Å²) in [6.45, 7) is 2.30. The van der Waals surface area contributed by atoms with E-state index in [9.17, 15) is 0 Å². The number of thiazole rings is 1. The molecule has 1 saturated heterocycles. The highest BCUT2D eigenvalue weighted by Gasteiger charge is 2.27. The van der Waals surface area contributed by atoms with Crippen molar-refractivity contribution in [1.82, 2.24) is 15.2 Å². The highest BCUT2D eigenvalue weighted by molar-refractivity contribution is 7.15. The summed E-state index contributed by atoms with van der Waals surface area (Å²) in [5.74, 6) is 0. The van der Waals surface area contributed by atoms with Gasteiger partial charge in [0, 0.05) is 24.0 Å². The monoisotopic (exact) mass is 294 g/mol. The molecular formula is C15H26N4S. The molecule has 1 aromatic rings. The summed E-state index contributed by atoms with van der Waals surface area (Å²) in [6, 6.07) is 1.22. The molecule has 1 fully saturated rings. The summed E-state index contributed by atoms with van der Waals surface area (Å²) < 4.78 is 0. The summed E-state index contributed by atoms with van der Waals surface area (Å²) in [4.78, 5) is 11.3. The van der Waals surface area contributed by atoms with Gasteiger partial charge < -0.3 is 15.1 Å². The highest BCUT2D eigenvalue weighted by Crippen LogP contribution is 2.37. The minimum Gasteiger partial charge on any atom is -0.348 e. The van der Waals surface area contributed by atoms with Gasteiger partial charge in [-0.1, -0.05) is 0 Å². The molecule has 1 aliphatic heterocycles. The zero-order valence-electron chi connectivity index (χ0n) is 12.9. The van der Waals surface area contributed by atoms with Crippen molar-refractivity contribution < 1.29 is 0 Å². The molecular weight excluding hydrogens is 268 g/mol. The lowest BCUT2D eigenvalue weighted by molar-refractivity contribution is 0.249. The first-order valence-corrected chi connectivity index (χ1v) is 8.59. The molecule has 2 heterocycles. The number of piperidine rings is 1. The number of nitrogens with one attached hydrogen (secondary N) is 1. The molecule has 3 rings (SSSR count). The summed E-state index contributed by atoms with van der Waals surface area (Å²) in [5.41, 5.74) is 1.33. The van der Waals surface area contributed by atoms with Crippen molar-refractivity contribution in [3.8, 4) is 0 Å². The van der Waals surface area contributed by atoms with E-state index in [4.69, 9.17) is 4.98 Å². The Morgan fingerprint density at radius 2 is 2.00 bits per heavy atom. The molecule has 112 valence electrons. The molecule has 0 radical (unpaired) electrons. The van der Waals surface area contributed by atoms with E-state index < -0.39 is 0 Å². The van der Waals surface area contributed by atoms with E-state index in [1.54, 1.807) is 0 Å². The van der Waals surface area contributed by atoms with E-state index in [0.29, 0.717) is 6.04 Å². The fraction of sp³-hybridized carbons (Fsp3) is 0.800. The zero-order chi connectivity index (χ0) is 14.1. The van der Waals surface area contributed by atoms with Gasteiger partial charge in [0.2, 0.25) is 0 Å². The number of rotatable bonds is 3. The smallest absolute Gasteiger partial charge is 0.185 e. The van der Waals surface area contributed by atoms with Crippen LogP contribution in [0, 0.1) is 0 Å². The van der Waals surface area contributed by atoms with Gasteiger partial charge in [-0.05, 0) is 53.2 Å². The van der Waals surface area contributed by atoms with Gasteiger partial charge in [0.15, 0.2) is 5.13 Å². The lowest BCUT2D eigenvalue weighted by Gasteiger charge is -2.35. The minimum atomic E-state index is 0.475. The van der Waals surface area contributed by atoms with Crippen molar-refractivity contribution in [3.63, 3.8) is 0 Å². The third-order valence-corrected chi connectivity index (χ3v) is 5.95. The first kappa shape index (κ1) is 14.3. The first-order valence-electron chi connectivity index (χ1n) is 7.77. The van der Waals surface area contributed by atoms with Gasteiger partial charge in [0.05, 0.1) is 11.7 Å². The fourth-order valence-electron chi connectivity index (χ4n) is 3.40. The summed E-state index contributed by atoms with van der Waals surface area (Å²) in [6.07, 6.45) is 6.26. The van der Waals surface area contributed by atoms with Crippen LogP contribution in [0.1, 0.15) is 42.3 Å². The Bertz CT molecular complexity index is 449. The Hall–Kier alpha value is -0.650. The molecule has 1 N–H and O–H groups in total. The second kappa shape index (κ2) is 6.00. The molecule has 2 aliphatic rings.